The van der Waals surface area contributed by atoms with Gasteiger partial charge in [0.15, 0.2) is 5.96 Å². The average molecular weight is 402 g/mol. The van der Waals surface area contributed by atoms with E-state index >= 15 is 0 Å². The summed E-state index contributed by atoms with van der Waals surface area (Å²) < 4.78 is 0. The molecule has 2 rings (SSSR count). The molecular formula is C21H31N5OS. The summed E-state index contributed by atoms with van der Waals surface area (Å²) in [6, 6.07) is 7.72. The topological polar surface area (TPSA) is 69.6 Å². The Balaban J connectivity index is 1.91. The lowest BCUT2D eigenvalue weighted by Crippen LogP contribution is -2.38. The van der Waals surface area contributed by atoms with Gasteiger partial charge in [0.2, 0.25) is 0 Å². The summed E-state index contributed by atoms with van der Waals surface area (Å²) >= 11 is 1.68. The molecule has 0 unspecified atom stereocenters. The van der Waals surface area contributed by atoms with Crippen molar-refractivity contribution in [2.45, 2.75) is 40.7 Å². The van der Waals surface area contributed by atoms with E-state index in [1.54, 1.807) is 11.3 Å². The van der Waals surface area contributed by atoms with Gasteiger partial charge in [0.25, 0.3) is 5.91 Å². The van der Waals surface area contributed by atoms with Gasteiger partial charge in [0, 0.05) is 43.5 Å². The molecule has 1 aromatic carbocycles. The maximum Gasteiger partial charge on any atom is 0.253 e. The summed E-state index contributed by atoms with van der Waals surface area (Å²) in [5.41, 5.74) is 2.91. The second kappa shape index (κ2) is 11.4. The first-order valence-corrected chi connectivity index (χ1v) is 10.8. The maximum absolute atomic E-state index is 12.4. The van der Waals surface area contributed by atoms with Crippen LogP contribution in [0.1, 0.15) is 47.4 Å². The van der Waals surface area contributed by atoms with E-state index in [2.05, 4.69) is 32.9 Å². The smallest absolute Gasteiger partial charge is 0.253 e. The zero-order chi connectivity index (χ0) is 20.4. The molecule has 0 atom stereocenters. The van der Waals surface area contributed by atoms with Crippen molar-refractivity contribution >= 4 is 23.2 Å². The van der Waals surface area contributed by atoms with Crippen LogP contribution in [0.2, 0.25) is 0 Å². The van der Waals surface area contributed by atoms with Gasteiger partial charge in [-0.1, -0.05) is 12.1 Å². The fourth-order valence-electron chi connectivity index (χ4n) is 2.79. The lowest BCUT2D eigenvalue weighted by molar-refractivity contribution is 0.0773. The van der Waals surface area contributed by atoms with Gasteiger partial charge < -0.3 is 15.5 Å². The van der Waals surface area contributed by atoms with E-state index in [1.807, 2.05) is 49.9 Å². The number of hydrogen-bond donors (Lipinski definition) is 2. The van der Waals surface area contributed by atoms with Crippen LogP contribution in [0.15, 0.2) is 34.6 Å². The van der Waals surface area contributed by atoms with Gasteiger partial charge in [-0.25, -0.2) is 9.98 Å². The Morgan fingerprint density at radius 3 is 2.43 bits per heavy atom. The number of nitrogens with zero attached hydrogens (tertiary/aromatic N) is 3. The molecular weight excluding hydrogens is 370 g/mol. The van der Waals surface area contributed by atoms with Crippen molar-refractivity contribution in [2.75, 3.05) is 26.2 Å². The average Bonchev–Trinajstić information content (AvgIpc) is 3.12. The van der Waals surface area contributed by atoms with E-state index in [0.29, 0.717) is 6.54 Å². The Hall–Kier alpha value is -2.41. The van der Waals surface area contributed by atoms with Crippen molar-refractivity contribution in [3.8, 4) is 0 Å². The van der Waals surface area contributed by atoms with Crippen LogP contribution < -0.4 is 10.6 Å². The largest absolute Gasteiger partial charge is 0.357 e. The highest BCUT2D eigenvalue weighted by molar-refractivity contribution is 7.09. The minimum Gasteiger partial charge on any atom is -0.357 e. The standard InChI is InChI=1S/C21H31N5OS/c1-5-22-21(23-13-12-19-15-28-16(4)25-19)24-14-17-8-10-18(11-9-17)20(27)26(6-2)7-3/h8-11,15H,5-7,12-14H2,1-4H3,(H2,22,23,24). The number of nitrogens with one attached hydrogen (secondary N) is 2. The van der Waals surface area contributed by atoms with Crippen LogP contribution in [0, 0.1) is 6.92 Å². The first kappa shape index (κ1) is 21.9. The lowest BCUT2D eigenvalue weighted by Gasteiger charge is -2.18. The van der Waals surface area contributed by atoms with Crippen LogP contribution in [0.3, 0.4) is 0 Å². The number of amides is 1. The summed E-state index contributed by atoms with van der Waals surface area (Å²) in [4.78, 5) is 23.3. The van der Waals surface area contributed by atoms with Crippen molar-refractivity contribution in [1.82, 2.24) is 20.5 Å². The highest BCUT2D eigenvalue weighted by Crippen LogP contribution is 2.09. The van der Waals surface area contributed by atoms with E-state index < -0.39 is 0 Å². The third-order valence-corrected chi connectivity index (χ3v) is 5.18. The summed E-state index contributed by atoms with van der Waals surface area (Å²) in [6.07, 6.45) is 0.872. The summed E-state index contributed by atoms with van der Waals surface area (Å²) in [5.74, 6) is 0.866. The van der Waals surface area contributed by atoms with Gasteiger partial charge in [-0.2, -0.15) is 0 Å². The Labute approximate surface area is 172 Å². The number of carbonyl (C=O) groups excluding carboxylic acids is 1. The van der Waals surface area contributed by atoms with Crippen LogP contribution in [0.5, 0.6) is 0 Å². The van der Waals surface area contributed by atoms with Gasteiger partial charge in [-0.05, 0) is 45.4 Å². The number of aryl methyl sites for hydroxylation is 1. The van der Waals surface area contributed by atoms with Crippen molar-refractivity contribution in [1.29, 1.82) is 0 Å². The predicted octanol–water partition coefficient (Wildman–Crippen LogP) is 3.23. The number of rotatable bonds is 9. The Kier molecular flexibility index (Phi) is 8.94. The van der Waals surface area contributed by atoms with Crippen molar-refractivity contribution < 1.29 is 4.79 Å². The highest BCUT2D eigenvalue weighted by atomic mass is 32.1. The van der Waals surface area contributed by atoms with Crippen LogP contribution in [0.4, 0.5) is 0 Å². The molecule has 0 aliphatic heterocycles. The molecule has 2 aromatic rings. The molecule has 0 aliphatic rings. The molecule has 0 fully saturated rings. The zero-order valence-electron chi connectivity index (χ0n) is 17.3. The van der Waals surface area contributed by atoms with Crippen molar-refractivity contribution in [3.63, 3.8) is 0 Å². The minimum atomic E-state index is 0.0762. The number of aromatic nitrogens is 1. The van der Waals surface area contributed by atoms with Crippen LogP contribution >= 0.6 is 11.3 Å². The molecule has 2 N–H and O–H groups in total. The van der Waals surface area contributed by atoms with Gasteiger partial charge in [0.1, 0.15) is 0 Å². The molecule has 0 spiro atoms. The van der Waals surface area contributed by atoms with Crippen LogP contribution in [-0.4, -0.2) is 47.9 Å². The van der Waals surface area contributed by atoms with Crippen LogP contribution in [0.25, 0.3) is 0 Å². The van der Waals surface area contributed by atoms with E-state index in [0.717, 1.165) is 60.4 Å². The fourth-order valence-corrected chi connectivity index (χ4v) is 3.44. The normalized spacial score (nSPS) is 11.4. The molecule has 6 nitrogen and oxygen atoms in total. The molecule has 152 valence electrons. The molecule has 0 saturated carbocycles. The Morgan fingerprint density at radius 1 is 1.14 bits per heavy atom. The second-order valence-electron chi connectivity index (χ2n) is 6.40. The maximum atomic E-state index is 12.4. The quantitative estimate of drug-likeness (QED) is 0.500. The summed E-state index contributed by atoms with van der Waals surface area (Å²) in [5, 5.41) is 9.81. The Bertz CT molecular complexity index is 765. The Morgan fingerprint density at radius 2 is 1.86 bits per heavy atom. The van der Waals surface area contributed by atoms with E-state index in [9.17, 15) is 4.79 Å². The zero-order valence-corrected chi connectivity index (χ0v) is 18.1. The number of aliphatic imine (C=N–C) groups is 1. The predicted molar refractivity (Wildman–Crippen MR) is 117 cm³/mol. The molecule has 1 amide bonds. The first-order chi connectivity index (χ1) is 13.6. The molecule has 1 heterocycles. The number of carbonyl (C=O) groups is 1. The molecule has 0 radical (unpaired) electrons. The number of guanidine groups is 1. The molecule has 0 aliphatic carbocycles. The SMILES string of the molecule is CCNC(=NCc1ccc(C(=O)N(CC)CC)cc1)NCCc1csc(C)n1. The van der Waals surface area contributed by atoms with E-state index in [1.165, 1.54) is 0 Å². The highest BCUT2D eigenvalue weighted by Gasteiger charge is 2.11. The van der Waals surface area contributed by atoms with Gasteiger partial charge in [0.05, 0.1) is 17.2 Å². The van der Waals surface area contributed by atoms with E-state index in [4.69, 9.17) is 0 Å². The number of benzene rings is 1. The van der Waals surface area contributed by atoms with Crippen molar-refractivity contribution in [3.05, 3.63) is 51.5 Å². The molecule has 0 bridgehead atoms. The number of thiazole rings is 1. The van der Waals surface area contributed by atoms with Gasteiger partial charge in [-0.15, -0.1) is 11.3 Å². The summed E-state index contributed by atoms with van der Waals surface area (Å²) in [7, 11) is 0. The minimum absolute atomic E-state index is 0.0762. The van der Waals surface area contributed by atoms with Crippen molar-refractivity contribution in [2.24, 2.45) is 4.99 Å². The molecule has 28 heavy (non-hydrogen) atoms. The third-order valence-electron chi connectivity index (χ3n) is 4.36. The monoisotopic (exact) mass is 401 g/mol. The van der Waals surface area contributed by atoms with E-state index in [-0.39, 0.29) is 5.91 Å². The lowest BCUT2D eigenvalue weighted by atomic mass is 10.1. The molecule has 1 aromatic heterocycles. The van der Waals surface area contributed by atoms with Gasteiger partial charge in [-0.3, -0.25) is 4.79 Å². The fraction of sp³-hybridized carbons (Fsp3) is 0.476. The summed E-state index contributed by atoms with van der Waals surface area (Å²) in [6.45, 7) is 11.7. The third kappa shape index (κ3) is 6.64. The first-order valence-electron chi connectivity index (χ1n) is 9.88. The van der Waals surface area contributed by atoms with Gasteiger partial charge >= 0.3 is 0 Å². The molecule has 7 heteroatoms. The number of hydrogen-bond acceptors (Lipinski definition) is 4. The van der Waals surface area contributed by atoms with Crippen LogP contribution in [-0.2, 0) is 13.0 Å². The molecule has 0 saturated heterocycles. The second-order valence-corrected chi connectivity index (χ2v) is 7.47.